The Morgan fingerprint density at radius 1 is 1.15 bits per heavy atom. The van der Waals surface area contributed by atoms with E-state index in [1.807, 2.05) is 0 Å². The number of allylic oxidation sites excluding steroid dienone is 4. The molecule has 120 valence electrons. The first-order chi connectivity index (χ1) is 9.08. The zero-order valence-corrected chi connectivity index (χ0v) is 17.0. The maximum Gasteiger partial charge on any atom is 0.125 e. The fourth-order valence-electron chi connectivity index (χ4n) is 0. The minimum absolute atomic E-state index is 0.324. The van der Waals surface area contributed by atoms with Crippen molar-refractivity contribution in [2.75, 3.05) is 5.88 Å². The quantitative estimate of drug-likeness (QED) is 0.296. The van der Waals surface area contributed by atoms with Crippen LogP contribution in [-0.2, 0) is 0 Å². The molecule has 0 spiro atoms. The van der Waals surface area contributed by atoms with E-state index in [1.165, 1.54) is 11.6 Å². The Kier molecular flexibility index (Phi) is 37.0. The number of halogens is 8. The van der Waals surface area contributed by atoms with E-state index in [0.717, 1.165) is 0 Å². The van der Waals surface area contributed by atoms with Gasteiger partial charge in [0.1, 0.15) is 9.33 Å². The van der Waals surface area contributed by atoms with Crippen molar-refractivity contribution in [1.29, 1.82) is 0 Å². The third-order valence-corrected chi connectivity index (χ3v) is 2.63. The van der Waals surface area contributed by atoms with Gasteiger partial charge in [-0.15, -0.1) is 41.4 Å². The standard InChI is InChI=1S/4C3H4Cl2/c2*1-3(5)2-4;2*1-2-3(4)5/h2H,1H3;1-2H2;2H,1H3;2-3H,1H2/b3-2-;;;. The summed E-state index contributed by atoms with van der Waals surface area (Å²) in [6.07, 6.45) is 3.06. The van der Waals surface area contributed by atoms with Crippen molar-refractivity contribution in [3.8, 4) is 0 Å². The lowest BCUT2D eigenvalue weighted by Crippen LogP contribution is -1.68. The predicted octanol–water partition coefficient (Wildman–Crippen LogP) is 8.60. The minimum Gasteiger partial charge on any atom is -0.121 e. The Hall–Kier alpha value is 1.28. The summed E-state index contributed by atoms with van der Waals surface area (Å²) >= 11 is 40.9. The third-order valence-electron chi connectivity index (χ3n) is 0.692. The Labute approximate surface area is 161 Å². The number of hydrogen-bond acceptors (Lipinski definition) is 0. The highest BCUT2D eigenvalue weighted by molar-refractivity contribution is 6.55. The van der Waals surface area contributed by atoms with Crippen LogP contribution in [0.15, 0.2) is 45.4 Å². The lowest BCUT2D eigenvalue weighted by molar-refractivity contribution is 1.64. The van der Waals surface area contributed by atoms with Gasteiger partial charge in [0.2, 0.25) is 0 Å². The second-order valence-electron chi connectivity index (χ2n) is 2.50. The van der Waals surface area contributed by atoms with Crippen molar-refractivity contribution in [2.24, 2.45) is 0 Å². The molecule has 0 bridgehead atoms. The van der Waals surface area contributed by atoms with Crippen molar-refractivity contribution in [2.45, 2.75) is 18.7 Å². The van der Waals surface area contributed by atoms with Gasteiger partial charge >= 0.3 is 0 Å². The molecule has 0 heterocycles. The van der Waals surface area contributed by atoms with Crippen LogP contribution in [0.3, 0.4) is 0 Å². The number of rotatable bonds is 2. The van der Waals surface area contributed by atoms with Crippen LogP contribution in [0.2, 0.25) is 0 Å². The predicted molar refractivity (Wildman–Crippen MR) is 102 cm³/mol. The topological polar surface area (TPSA) is 0 Å². The Bertz CT molecular complexity index is 257. The average Bonchev–Trinajstić information content (AvgIpc) is 2.40. The van der Waals surface area contributed by atoms with E-state index in [0.29, 0.717) is 20.4 Å². The molecule has 0 atom stereocenters. The van der Waals surface area contributed by atoms with Gasteiger partial charge in [0.15, 0.2) is 0 Å². The van der Waals surface area contributed by atoms with Gasteiger partial charge in [-0.25, -0.2) is 0 Å². The van der Waals surface area contributed by atoms with Crippen molar-refractivity contribution in [3.63, 3.8) is 0 Å². The van der Waals surface area contributed by atoms with Gasteiger partial charge in [0.25, 0.3) is 0 Å². The summed E-state index contributed by atoms with van der Waals surface area (Å²) in [7, 11) is 0. The highest BCUT2D eigenvalue weighted by atomic mass is 35.5. The van der Waals surface area contributed by atoms with Gasteiger partial charge < -0.3 is 0 Å². The van der Waals surface area contributed by atoms with Gasteiger partial charge in [0.05, 0.1) is 5.88 Å². The van der Waals surface area contributed by atoms with E-state index >= 15 is 0 Å². The molecule has 0 saturated carbocycles. The molecule has 0 rings (SSSR count). The second-order valence-corrected chi connectivity index (χ2v) is 6.28. The summed E-state index contributed by atoms with van der Waals surface area (Å²) in [6, 6.07) is 0. The maximum absolute atomic E-state index is 5.19. The van der Waals surface area contributed by atoms with Crippen LogP contribution in [0.5, 0.6) is 0 Å². The van der Waals surface area contributed by atoms with Gasteiger partial charge in [-0.05, 0) is 13.8 Å². The second kappa shape index (κ2) is 25.2. The molecular formula is C12H16Cl8. The molecule has 0 N–H and O–H groups in total. The molecule has 0 aliphatic heterocycles. The molecule has 0 fully saturated rings. The third kappa shape index (κ3) is 74.8. The summed E-state index contributed by atoms with van der Waals surface area (Å²) in [5, 5.41) is 1.11. The fraction of sp³-hybridized carbons (Fsp3) is 0.333. The molecule has 0 saturated heterocycles. The molecular weight excluding hydrogens is 428 g/mol. The van der Waals surface area contributed by atoms with Crippen LogP contribution in [-0.4, -0.2) is 10.7 Å². The van der Waals surface area contributed by atoms with Crippen molar-refractivity contribution < 1.29 is 0 Å². The summed E-state index contributed by atoms with van der Waals surface area (Å²) < 4.78 is 0.324. The Morgan fingerprint density at radius 3 is 1.35 bits per heavy atom. The minimum atomic E-state index is -0.407. The van der Waals surface area contributed by atoms with Crippen LogP contribution in [0, 0.1) is 0 Å². The van der Waals surface area contributed by atoms with Crippen LogP contribution in [0.4, 0.5) is 0 Å². The molecule has 0 aromatic carbocycles. The number of hydrogen-bond donors (Lipinski definition) is 0. The van der Waals surface area contributed by atoms with Crippen molar-refractivity contribution >= 4 is 92.8 Å². The first-order valence-corrected chi connectivity index (χ1v) is 8.14. The highest BCUT2D eigenvalue weighted by Crippen LogP contribution is 2.03. The van der Waals surface area contributed by atoms with Gasteiger partial charge in [-0.2, -0.15) is 0 Å². The molecule has 20 heavy (non-hydrogen) atoms. The molecule has 0 aromatic heterocycles. The molecule has 8 heteroatoms. The van der Waals surface area contributed by atoms with Crippen LogP contribution < -0.4 is 0 Å². The van der Waals surface area contributed by atoms with Crippen LogP contribution in [0.1, 0.15) is 13.8 Å². The first-order valence-electron chi connectivity index (χ1n) is 4.78. The molecule has 0 aliphatic carbocycles. The molecule has 0 amide bonds. The number of alkyl halides is 3. The van der Waals surface area contributed by atoms with Gasteiger partial charge in [0, 0.05) is 15.6 Å². The summed E-state index contributed by atoms with van der Waals surface area (Å²) in [4.78, 5) is -0.407. The highest BCUT2D eigenvalue weighted by Gasteiger charge is 1.80. The molecule has 0 aromatic rings. The lowest BCUT2D eigenvalue weighted by atomic mass is 10.8. The monoisotopic (exact) mass is 440 g/mol. The first kappa shape index (κ1) is 29.3. The van der Waals surface area contributed by atoms with E-state index in [4.69, 9.17) is 92.8 Å². The largest absolute Gasteiger partial charge is 0.125 e. The van der Waals surface area contributed by atoms with Crippen molar-refractivity contribution in [1.82, 2.24) is 0 Å². The lowest BCUT2D eigenvalue weighted by Gasteiger charge is -1.77. The van der Waals surface area contributed by atoms with E-state index in [-0.39, 0.29) is 0 Å². The molecule has 0 nitrogen and oxygen atoms in total. The molecule has 0 radical (unpaired) electrons. The van der Waals surface area contributed by atoms with Gasteiger partial charge in [-0.1, -0.05) is 76.7 Å². The average molecular weight is 444 g/mol. The Balaban J connectivity index is -0.0000000853. The summed E-state index contributed by atoms with van der Waals surface area (Å²) in [5.41, 5.74) is 1.32. The van der Waals surface area contributed by atoms with Crippen molar-refractivity contribution in [3.05, 3.63) is 45.4 Å². The normalized spacial score (nSPS) is 8.85. The van der Waals surface area contributed by atoms with E-state index < -0.39 is 4.84 Å². The zero-order valence-electron chi connectivity index (χ0n) is 11.0. The van der Waals surface area contributed by atoms with E-state index in [9.17, 15) is 0 Å². The molecule has 0 aliphatic rings. The maximum atomic E-state index is 5.19. The van der Waals surface area contributed by atoms with Crippen LogP contribution >= 0.6 is 92.8 Å². The SMILES string of the molecule is C/C(Cl)=C/Cl.C=C(Cl)CCl.C=CC(Cl)Cl.CC=C(Cl)Cl. The smallest absolute Gasteiger partial charge is 0.121 e. The van der Waals surface area contributed by atoms with E-state index in [2.05, 4.69) is 13.2 Å². The summed E-state index contributed by atoms with van der Waals surface area (Å²) in [6.45, 7) is 10.1. The molecule has 0 unspecified atom stereocenters. The van der Waals surface area contributed by atoms with Gasteiger partial charge in [-0.3, -0.25) is 0 Å². The summed E-state index contributed by atoms with van der Waals surface area (Å²) in [5.74, 6) is 0.349. The van der Waals surface area contributed by atoms with Crippen LogP contribution in [0.25, 0.3) is 0 Å². The zero-order chi connectivity index (χ0) is 17.1. The Morgan fingerprint density at radius 2 is 1.35 bits per heavy atom. The van der Waals surface area contributed by atoms with E-state index in [1.54, 1.807) is 19.9 Å². The fourth-order valence-corrected chi connectivity index (χ4v) is 0.